The topological polar surface area (TPSA) is 72.1 Å². The Morgan fingerprint density at radius 3 is 2.75 bits per heavy atom. The van der Waals surface area contributed by atoms with Crippen LogP contribution < -0.4 is 5.73 Å². The average molecular weight is 349 g/mol. The maximum absolute atomic E-state index is 13.8. The Hall–Kier alpha value is -2.21. The van der Waals surface area contributed by atoms with Gasteiger partial charge in [-0.15, -0.1) is 0 Å². The summed E-state index contributed by atoms with van der Waals surface area (Å²) in [6.07, 6.45) is 3.23. The van der Waals surface area contributed by atoms with Gasteiger partial charge in [0.2, 0.25) is 11.9 Å². The van der Waals surface area contributed by atoms with Crippen LogP contribution in [0.5, 0.6) is 0 Å². The smallest absolute Gasteiger partial charge is 0.227 e. The number of rotatable bonds is 3. The molecule has 0 aliphatic carbocycles. The Bertz CT molecular complexity index is 727. The number of hydrogen-bond acceptors (Lipinski definition) is 4. The number of halogens is 2. The Labute approximate surface area is 144 Å². The standard InChI is InChI=1S/C17H18ClFN4O/c18-13-2-1-3-14(19)12(13)10-16(24)23-8-5-11(6-9-23)15-4-7-21-17(20)22-15/h1-4,7,11H,5-6,8-10H2,(H2,20,21,22). The fourth-order valence-electron chi connectivity index (χ4n) is 3.00. The molecule has 24 heavy (non-hydrogen) atoms. The van der Waals surface area contributed by atoms with Gasteiger partial charge in [0.25, 0.3) is 0 Å². The highest BCUT2D eigenvalue weighted by atomic mass is 35.5. The molecule has 1 aliphatic rings. The van der Waals surface area contributed by atoms with Crippen LogP contribution in [0.1, 0.15) is 30.0 Å². The van der Waals surface area contributed by atoms with Crippen LogP contribution in [0, 0.1) is 5.82 Å². The first kappa shape index (κ1) is 16.6. The molecule has 2 N–H and O–H groups in total. The van der Waals surface area contributed by atoms with E-state index < -0.39 is 5.82 Å². The summed E-state index contributed by atoms with van der Waals surface area (Å²) in [5.41, 5.74) is 6.79. The first-order valence-corrected chi connectivity index (χ1v) is 8.21. The third-order valence-electron chi connectivity index (χ3n) is 4.35. The highest BCUT2D eigenvalue weighted by Gasteiger charge is 2.25. The van der Waals surface area contributed by atoms with Gasteiger partial charge in [-0.2, -0.15) is 0 Å². The number of nitrogen functional groups attached to an aromatic ring is 1. The van der Waals surface area contributed by atoms with E-state index >= 15 is 0 Å². The van der Waals surface area contributed by atoms with Crippen molar-refractivity contribution in [3.8, 4) is 0 Å². The number of aromatic nitrogens is 2. The van der Waals surface area contributed by atoms with E-state index in [0.29, 0.717) is 13.1 Å². The van der Waals surface area contributed by atoms with Crippen LogP contribution in [0.25, 0.3) is 0 Å². The number of hydrogen-bond donors (Lipinski definition) is 1. The van der Waals surface area contributed by atoms with Crippen LogP contribution >= 0.6 is 11.6 Å². The van der Waals surface area contributed by atoms with Crippen LogP contribution in [0.2, 0.25) is 5.02 Å². The lowest BCUT2D eigenvalue weighted by Crippen LogP contribution is -2.39. The Morgan fingerprint density at radius 1 is 1.33 bits per heavy atom. The van der Waals surface area contributed by atoms with Crippen molar-refractivity contribution in [2.75, 3.05) is 18.8 Å². The molecule has 1 aromatic carbocycles. The van der Waals surface area contributed by atoms with E-state index in [0.717, 1.165) is 18.5 Å². The highest BCUT2D eigenvalue weighted by molar-refractivity contribution is 6.31. The van der Waals surface area contributed by atoms with Crippen molar-refractivity contribution in [1.82, 2.24) is 14.9 Å². The van der Waals surface area contributed by atoms with Gasteiger partial charge < -0.3 is 10.6 Å². The fourth-order valence-corrected chi connectivity index (χ4v) is 3.23. The molecule has 2 heterocycles. The number of benzene rings is 1. The molecule has 0 saturated carbocycles. The molecule has 0 atom stereocenters. The molecule has 0 spiro atoms. The third-order valence-corrected chi connectivity index (χ3v) is 4.71. The van der Waals surface area contributed by atoms with Gasteiger partial charge in [-0.05, 0) is 31.0 Å². The van der Waals surface area contributed by atoms with Crippen LogP contribution in [0.15, 0.2) is 30.5 Å². The lowest BCUT2D eigenvalue weighted by molar-refractivity contribution is -0.131. The molecule has 1 amide bonds. The number of nitrogens with zero attached hydrogens (tertiary/aromatic N) is 3. The molecule has 2 aromatic rings. The number of carbonyl (C=O) groups excluding carboxylic acids is 1. The van der Waals surface area contributed by atoms with E-state index in [9.17, 15) is 9.18 Å². The number of amides is 1. The van der Waals surface area contributed by atoms with Gasteiger partial charge in [0.05, 0.1) is 6.42 Å². The molecule has 0 radical (unpaired) electrons. The molecule has 1 fully saturated rings. The van der Waals surface area contributed by atoms with Crippen LogP contribution in [0.3, 0.4) is 0 Å². The average Bonchev–Trinajstić information content (AvgIpc) is 2.58. The first-order valence-electron chi connectivity index (χ1n) is 7.83. The monoisotopic (exact) mass is 348 g/mol. The Morgan fingerprint density at radius 2 is 2.08 bits per heavy atom. The third kappa shape index (κ3) is 3.64. The summed E-state index contributed by atoms with van der Waals surface area (Å²) in [6.45, 7) is 1.22. The normalized spacial score (nSPS) is 15.5. The van der Waals surface area contributed by atoms with Crippen LogP contribution in [-0.2, 0) is 11.2 Å². The van der Waals surface area contributed by atoms with E-state index in [1.807, 2.05) is 6.07 Å². The molecule has 1 aliphatic heterocycles. The second-order valence-corrected chi connectivity index (χ2v) is 6.28. The van der Waals surface area contributed by atoms with Gasteiger partial charge in [0.15, 0.2) is 0 Å². The highest BCUT2D eigenvalue weighted by Crippen LogP contribution is 2.27. The molecule has 0 unspecified atom stereocenters. The maximum atomic E-state index is 13.8. The van der Waals surface area contributed by atoms with Gasteiger partial charge in [0, 0.05) is 41.5 Å². The molecular weight excluding hydrogens is 331 g/mol. The van der Waals surface area contributed by atoms with Crippen LogP contribution in [-0.4, -0.2) is 33.9 Å². The van der Waals surface area contributed by atoms with Crippen molar-refractivity contribution < 1.29 is 9.18 Å². The molecule has 7 heteroatoms. The van der Waals surface area contributed by atoms with Crippen molar-refractivity contribution >= 4 is 23.5 Å². The minimum atomic E-state index is -0.442. The zero-order valence-corrected chi connectivity index (χ0v) is 13.8. The molecule has 5 nitrogen and oxygen atoms in total. The lowest BCUT2D eigenvalue weighted by atomic mass is 9.93. The van der Waals surface area contributed by atoms with Crippen molar-refractivity contribution in [3.05, 3.63) is 52.6 Å². The van der Waals surface area contributed by atoms with Crippen molar-refractivity contribution in [3.63, 3.8) is 0 Å². The van der Waals surface area contributed by atoms with Crippen LogP contribution in [0.4, 0.5) is 10.3 Å². The largest absolute Gasteiger partial charge is 0.368 e. The van der Waals surface area contributed by atoms with Crippen molar-refractivity contribution in [2.24, 2.45) is 0 Å². The second-order valence-electron chi connectivity index (χ2n) is 5.87. The number of anilines is 1. The Kier molecular flexibility index (Phi) is 4.94. The predicted octanol–water partition coefficient (Wildman–Crippen LogP) is 2.80. The Balaban J connectivity index is 1.61. The first-order chi connectivity index (χ1) is 11.5. The molecule has 0 bridgehead atoms. The van der Waals surface area contributed by atoms with Crippen molar-refractivity contribution in [1.29, 1.82) is 0 Å². The number of likely N-dealkylation sites (tertiary alicyclic amines) is 1. The second kappa shape index (κ2) is 7.13. The predicted molar refractivity (Wildman–Crippen MR) is 90.1 cm³/mol. The van der Waals surface area contributed by atoms with Gasteiger partial charge in [-0.25, -0.2) is 14.4 Å². The van der Waals surface area contributed by atoms with Gasteiger partial charge in [-0.1, -0.05) is 17.7 Å². The molecule has 1 saturated heterocycles. The molecule has 126 valence electrons. The van der Waals surface area contributed by atoms with Gasteiger partial charge in [0.1, 0.15) is 5.82 Å². The van der Waals surface area contributed by atoms with Crippen molar-refractivity contribution in [2.45, 2.75) is 25.2 Å². The summed E-state index contributed by atoms with van der Waals surface area (Å²) in [5.74, 6) is -0.0264. The summed E-state index contributed by atoms with van der Waals surface area (Å²) in [4.78, 5) is 22.3. The molecule has 3 rings (SSSR count). The van der Waals surface area contributed by atoms with E-state index in [2.05, 4.69) is 9.97 Å². The zero-order valence-electron chi connectivity index (χ0n) is 13.1. The van der Waals surface area contributed by atoms with E-state index in [1.54, 1.807) is 17.2 Å². The number of carbonyl (C=O) groups is 1. The number of piperidine rings is 1. The van der Waals surface area contributed by atoms with E-state index in [1.165, 1.54) is 12.1 Å². The van der Waals surface area contributed by atoms with Gasteiger partial charge in [-0.3, -0.25) is 4.79 Å². The maximum Gasteiger partial charge on any atom is 0.227 e. The lowest BCUT2D eigenvalue weighted by Gasteiger charge is -2.32. The van der Waals surface area contributed by atoms with E-state index in [4.69, 9.17) is 17.3 Å². The molecular formula is C17H18ClFN4O. The summed E-state index contributed by atoms with van der Waals surface area (Å²) < 4.78 is 13.8. The summed E-state index contributed by atoms with van der Waals surface area (Å²) >= 11 is 5.99. The van der Waals surface area contributed by atoms with E-state index in [-0.39, 0.29) is 34.8 Å². The summed E-state index contributed by atoms with van der Waals surface area (Å²) in [5, 5.41) is 0.287. The molecule has 1 aromatic heterocycles. The number of nitrogens with two attached hydrogens (primary N) is 1. The summed E-state index contributed by atoms with van der Waals surface area (Å²) in [7, 11) is 0. The minimum Gasteiger partial charge on any atom is -0.368 e. The van der Waals surface area contributed by atoms with Gasteiger partial charge >= 0.3 is 0 Å². The quantitative estimate of drug-likeness (QED) is 0.925. The summed E-state index contributed by atoms with van der Waals surface area (Å²) in [6, 6.07) is 6.31. The minimum absolute atomic E-state index is 0.0172. The fraction of sp³-hybridized carbons (Fsp3) is 0.353. The zero-order chi connectivity index (χ0) is 17.1. The SMILES string of the molecule is Nc1nccc(C2CCN(C(=O)Cc3c(F)cccc3Cl)CC2)n1.